The summed E-state index contributed by atoms with van der Waals surface area (Å²) in [6.45, 7) is 7.52. The molecule has 4 nitrogen and oxygen atoms in total. The molecule has 1 aromatic heterocycles. The minimum atomic E-state index is -5.93. The number of hydrogen-bond acceptors (Lipinski definition) is 4. The fourth-order valence-electron chi connectivity index (χ4n) is 4.82. The van der Waals surface area contributed by atoms with Crippen LogP contribution in [0.4, 0.5) is 26.3 Å². The molecule has 1 heterocycles. The van der Waals surface area contributed by atoms with Gasteiger partial charge in [0, 0.05) is 16.4 Å². The van der Waals surface area contributed by atoms with E-state index in [1.165, 1.54) is 17.4 Å². The van der Waals surface area contributed by atoms with Crippen molar-refractivity contribution in [3.8, 4) is 10.6 Å². The molecule has 0 amide bonds. The first-order valence-corrected chi connectivity index (χ1v) is 13.3. The summed E-state index contributed by atoms with van der Waals surface area (Å²) in [5.41, 5.74) is -0.802. The van der Waals surface area contributed by atoms with Crippen molar-refractivity contribution in [2.75, 3.05) is 0 Å². The molecule has 0 unspecified atom stereocenters. The molecule has 0 saturated carbocycles. The lowest BCUT2D eigenvalue weighted by Crippen LogP contribution is -2.55. The first-order chi connectivity index (χ1) is 18.5. The highest BCUT2D eigenvalue weighted by Gasteiger charge is 2.68. The number of alkyl halides is 6. The van der Waals surface area contributed by atoms with Crippen molar-refractivity contribution < 1.29 is 41.4 Å². The number of aliphatic carboxylic acids is 1. The van der Waals surface area contributed by atoms with E-state index in [9.17, 15) is 36.2 Å². The zero-order valence-corrected chi connectivity index (χ0v) is 23.1. The van der Waals surface area contributed by atoms with Crippen LogP contribution in [0.1, 0.15) is 60.2 Å². The molecule has 2 aromatic carbocycles. The fraction of sp³-hybridized carbons (Fsp3) is 0.379. The molecule has 11 heteroatoms. The van der Waals surface area contributed by atoms with Crippen molar-refractivity contribution in [2.45, 2.75) is 70.3 Å². The molecule has 0 aliphatic heterocycles. The molecule has 3 aromatic rings. The normalized spacial score (nSPS) is 13.3. The number of benzene rings is 2. The number of aliphatic hydroxyl groups is 1. The molecule has 216 valence electrons. The molecule has 40 heavy (non-hydrogen) atoms. The summed E-state index contributed by atoms with van der Waals surface area (Å²) in [4.78, 5) is 15.4. The Morgan fingerprint density at radius 1 is 0.925 bits per heavy atom. The van der Waals surface area contributed by atoms with Crippen molar-refractivity contribution in [3.63, 3.8) is 0 Å². The highest BCUT2D eigenvalue weighted by molar-refractivity contribution is 7.13. The number of aryl methyl sites for hydroxylation is 2. The van der Waals surface area contributed by atoms with Crippen LogP contribution in [0, 0.1) is 13.8 Å². The summed E-state index contributed by atoms with van der Waals surface area (Å²) in [5.74, 6) is -0.965. The number of rotatable bonds is 9. The molecule has 3 rings (SSSR count). The number of halogens is 6. The van der Waals surface area contributed by atoms with E-state index >= 15 is 0 Å². The maximum Gasteiger partial charge on any atom is 0.430 e. The van der Waals surface area contributed by atoms with Crippen LogP contribution < -0.4 is 0 Å². The van der Waals surface area contributed by atoms with Crippen LogP contribution in [0.3, 0.4) is 0 Å². The highest BCUT2D eigenvalue weighted by Crippen LogP contribution is 2.45. The lowest BCUT2D eigenvalue weighted by molar-refractivity contribution is -0.347. The van der Waals surface area contributed by atoms with Gasteiger partial charge in [-0.15, -0.1) is 11.3 Å². The smallest absolute Gasteiger partial charge is 0.430 e. The maximum absolute atomic E-state index is 13.1. The van der Waals surface area contributed by atoms with E-state index < -0.39 is 29.3 Å². The van der Waals surface area contributed by atoms with Crippen molar-refractivity contribution in [1.82, 2.24) is 4.98 Å². The monoisotopic (exact) mass is 585 g/mol. The van der Waals surface area contributed by atoms with E-state index in [4.69, 9.17) is 5.11 Å². The number of aromatic nitrogens is 1. The molecule has 0 atom stereocenters. The van der Waals surface area contributed by atoms with Crippen LogP contribution in [0.5, 0.6) is 0 Å². The molecule has 0 bridgehead atoms. The largest absolute Gasteiger partial charge is 0.481 e. The minimum Gasteiger partial charge on any atom is -0.481 e. The number of thiazole rings is 1. The summed E-state index contributed by atoms with van der Waals surface area (Å²) in [6, 6.07) is 10.8. The van der Waals surface area contributed by atoms with Gasteiger partial charge < -0.3 is 10.2 Å². The van der Waals surface area contributed by atoms with Gasteiger partial charge in [0.05, 0.1) is 12.1 Å². The van der Waals surface area contributed by atoms with Gasteiger partial charge in [0.2, 0.25) is 0 Å². The Morgan fingerprint density at radius 3 is 1.95 bits per heavy atom. The molecule has 0 radical (unpaired) electrons. The number of carboxylic acids is 1. The van der Waals surface area contributed by atoms with Gasteiger partial charge in [-0.05, 0) is 60.6 Å². The van der Waals surface area contributed by atoms with E-state index in [1.54, 1.807) is 24.4 Å². The summed E-state index contributed by atoms with van der Waals surface area (Å²) in [7, 11) is 0. The Hall–Kier alpha value is -3.18. The van der Waals surface area contributed by atoms with Crippen LogP contribution in [0.2, 0.25) is 0 Å². The van der Waals surface area contributed by atoms with Gasteiger partial charge in [-0.2, -0.15) is 26.3 Å². The Kier molecular flexibility index (Phi) is 8.91. The van der Waals surface area contributed by atoms with Crippen LogP contribution >= 0.6 is 11.3 Å². The van der Waals surface area contributed by atoms with E-state index in [0.29, 0.717) is 35.2 Å². The molecular formula is C29H29F6NO3S. The quantitative estimate of drug-likeness (QED) is 0.250. The van der Waals surface area contributed by atoms with Gasteiger partial charge in [-0.25, -0.2) is 4.98 Å². The van der Waals surface area contributed by atoms with Crippen molar-refractivity contribution >= 4 is 23.4 Å². The number of nitrogens with zero attached hydrogens (tertiary/aromatic N) is 1. The second-order valence-electron chi connectivity index (χ2n) is 9.70. The van der Waals surface area contributed by atoms with Crippen LogP contribution in [-0.2, 0) is 16.6 Å². The van der Waals surface area contributed by atoms with E-state index in [0.717, 1.165) is 22.3 Å². The van der Waals surface area contributed by atoms with E-state index in [1.807, 2.05) is 39.0 Å². The predicted octanol–water partition coefficient (Wildman–Crippen LogP) is 8.03. The van der Waals surface area contributed by atoms with Crippen molar-refractivity contribution in [1.29, 1.82) is 0 Å². The number of hydrogen-bond donors (Lipinski definition) is 2. The van der Waals surface area contributed by atoms with Gasteiger partial charge in [0.15, 0.2) is 0 Å². The van der Waals surface area contributed by atoms with E-state index in [2.05, 4.69) is 4.98 Å². The standard InChI is InChI=1S/C29H29F6NO3S/c1-5-26(6-2,21-9-10-23(18(4)14-21)25-36-22(16-40-25)15-24(37)38)20-8-7-19(17(3)13-20)11-12-27(39,28(30,31)32)29(33,34)35/h7-14,16,39H,5-6,15H2,1-4H3,(H,37,38). The summed E-state index contributed by atoms with van der Waals surface area (Å²) in [6.07, 6.45) is -10.3. The molecule has 0 aliphatic rings. The molecule has 0 aliphatic carbocycles. The highest BCUT2D eigenvalue weighted by atomic mass is 32.1. The first-order valence-electron chi connectivity index (χ1n) is 12.4. The summed E-state index contributed by atoms with van der Waals surface area (Å²) < 4.78 is 78.5. The van der Waals surface area contributed by atoms with Crippen molar-refractivity contribution in [3.05, 3.63) is 81.4 Å². The Morgan fingerprint density at radius 2 is 1.48 bits per heavy atom. The van der Waals surface area contributed by atoms with Crippen molar-refractivity contribution in [2.24, 2.45) is 0 Å². The second-order valence-corrected chi connectivity index (χ2v) is 10.6. The average Bonchev–Trinajstić information content (AvgIpc) is 3.30. The van der Waals surface area contributed by atoms with Gasteiger partial charge in [-0.3, -0.25) is 4.79 Å². The van der Waals surface area contributed by atoms with Crippen LogP contribution in [0.25, 0.3) is 16.6 Å². The predicted molar refractivity (Wildman–Crippen MR) is 142 cm³/mol. The topological polar surface area (TPSA) is 70.4 Å². The third-order valence-corrected chi connectivity index (χ3v) is 8.22. The zero-order valence-electron chi connectivity index (χ0n) is 22.2. The zero-order chi connectivity index (χ0) is 30.1. The average molecular weight is 586 g/mol. The van der Waals surface area contributed by atoms with Gasteiger partial charge >= 0.3 is 18.3 Å². The van der Waals surface area contributed by atoms with Crippen LogP contribution in [-0.4, -0.2) is 39.1 Å². The molecule has 2 N–H and O–H groups in total. The number of carboxylic acid groups (broad SMARTS) is 1. The third kappa shape index (κ3) is 5.95. The minimum absolute atomic E-state index is 0.115. The second kappa shape index (κ2) is 11.4. The van der Waals surface area contributed by atoms with Gasteiger partial charge in [0.1, 0.15) is 5.01 Å². The molecular weight excluding hydrogens is 556 g/mol. The molecule has 0 fully saturated rings. The first kappa shape index (κ1) is 31.3. The van der Waals surface area contributed by atoms with Gasteiger partial charge in [-0.1, -0.05) is 56.3 Å². The maximum atomic E-state index is 13.1. The lowest BCUT2D eigenvalue weighted by Gasteiger charge is -2.34. The number of carbonyl (C=O) groups is 1. The summed E-state index contributed by atoms with van der Waals surface area (Å²) >= 11 is 1.35. The Balaban J connectivity index is 2.00. The van der Waals surface area contributed by atoms with E-state index in [-0.39, 0.29) is 18.1 Å². The van der Waals surface area contributed by atoms with Gasteiger partial charge in [0.25, 0.3) is 5.60 Å². The lowest BCUT2D eigenvalue weighted by atomic mass is 9.69. The van der Waals surface area contributed by atoms with Crippen LogP contribution in [0.15, 0.2) is 47.9 Å². The Bertz CT molecular complexity index is 1390. The SMILES string of the molecule is CCC(CC)(c1ccc(C=CC(O)(C(F)(F)F)C(F)(F)F)c(C)c1)c1ccc(-c2nc(CC(=O)O)cs2)c(C)c1. The summed E-state index contributed by atoms with van der Waals surface area (Å²) in [5, 5.41) is 20.9. The fourth-order valence-corrected chi connectivity index (χ4v) is 5.73. The Labute approximate surface area is 232 Å². The molecule has 0 spiro atoms. The third-order valence-electron chi connectivity index (χ3n) is 7.29. The molecule has 0 saturated heterocycles.